The second kappa shape index (κ2) is 5.21. The topological polar surface area (TPSA) is 133 Å². The first-order valence-electron chi connectivity index (χ1n) is 6.85. The van der Waals surface area contributed by atoms with Crippen LogP contribution in [0.2, 0.25) is 0 Å². The standard InChI is InChI=1S/C14H15N3O6/c1-16-13(21)10-11(6-2-7(18)4-8(19)3-6)17(5-9(15)20)23-12(10)14(16)22/h2-4,10-12,18-19H,5H2,1H3,(H2,15,20). The fraction of sp³-hybridized carbons (Fsp3) is 0.357. The number of amides is 3. The minimum atomic E-state index is -1.05. The van der Waals surface area contributed by atoms with E-state index in [2.05, 4.69) is 0 Å². The number of nitrogens with zero attached hydrogens (tertiary/aromatic N) is 2. The number of carbonyl (C=O) groups is 3. The van der Waals surface area contributed by atoms with Crippen LogP contribution in [0.4, 0.5) is 0 Å². The number of aromatic hydroxyl groups is 2. The summed E-state index contributed by atoms with van der Waals surface area (Å²) in [6.45, 7) is -0.335. The Bertz CT molecular complexity index is 686. The summed E-state index contributed by atoms with van der Waals surface area (Å²) in [5.41, 5.74) is 5.52. The highest BCUT2D eigenvalue weighted by atomic mass is 16.7. The van der Waals surface area contributed by atoms with E-state index in [9.17, 15) is 24.6 Å². The molecular formula is C14H15N3O6. The Labute approximate surface area is 130 Å². The Hall–Kier alpha value is -2.65. The average Bonchev–Trinajstić information content (AvgIpc) is 2.90. The van der Waals surface area contributed by atoms with E-state index >= 15 is 0 Å². The van der Waals surface area contributed by atoms with E-state index < -0.39 is 35.8 Å². The summed E-state index contributed by atoms with van der Waals surface area (Å²) in [4.78, 5) is 42.1. The predicted molar refractivity (Wildman–Crippen MR) is 74.6 cm³/mol. The van der Waals surface area contributed by atoms with Gasteiger partial charge in [-0.25, -0.2) is 0 Å². The molecule has 2 aliphatic heterocycles. The number of phenols is 2. The number of benzene rings is 1. The van der Waals surface area contributed by atoms with Crippen molar-refractivity contribution >= 4 is 17.7 Å². The lowest BCUT2D eigenvalue weighted by Gasteiger charge is -2.25. The molecule has 2 saturated heterocycles. The minimum absolute atomic E-state index is 0.215. The maximum Gasteiger partial charge on any atom is 0.261 e. The van der Waals surface area contributed by atoms with E-state index in [1.165, 1.54) is 19.2 Å². The van der Waals surface area contributed by atoms with Crippen molar-refractivity contribution in [3.63, 3.8) is 0 Å². The lowest BCUT2D eigenvalue weighted by atomic mass is 9.90. The maximum absolute atomic E-state index is 12.3. The van der Waals surface area contributed by atoms with Gasteiger partial charge in [-0.2, -0.15) is 5.06 Å². The van der Waals surface area contributed by atoms with Gasteiger partial charge in [0, 0.05) is 13.1 Å². The first-order valence-corrected chi connectivity index (χ1v) is 6.85. The predicted octanol–water partition coefficient (Wildman–Crippen LogP) is -1.15. The van der Waals surface area contributed by atoms with Gasteiger partial charge >= 0.3 is 0 Å². The van der Waals surface area contributed by atoms with E-state index in [1.54, 1.807) is 0 Å². The number of carbonyl (C=O) groups excluding carboxylic acids is 3. The maximum atomic E-state index is 12.3. The van der Waals surface area contributed by atoms with Crippen molar-refractivity contribution in [2.75, 3.05) is 13.6 Å². The SMILES string of the molecule is CN1C(=O)C2ON(CC(N)=O)C(c3cc(O)cc(O)c3)C2C1=O. The first kappa shape index (κ1) is 15.3. The van der Waals surface area contributed by atoms with E-state index in [-0.39, 0.29) is 18.0 Å². The molecule has 3 rings (SSSR count). The van der Waals surface area contributed by atoms with Gasteiger partial charge in [0.25, 0.3) is 5.91 Å². The van der Waals surface area contributed by atoms with Crippen LogP contribution in [-0.2, 0) is 19.2 Å². The normalized spacial score (nSPS) is 27.5. The van der Waals surface area contributed by atoms with Crippen LogP contribution in [-0.4, -0.2) is 57.6 Å². The minimum Gasteiger partial charge on any atom is -0.508 e. The highest BCUT2D eigenvalue weighted by molar-refractivity contribution is 6.07. The molecule has 3 unspecified atom stereocenters. The van der Waals surface area contributed by atoms with Gasteiger partial charge in [-0.15, -0.1) is 0 Å². The number of hydrogen-bond acceptors (Lipinski definition) is 7. The van der Waals surface area contributed by atoms with Crippen molar-refractivity contribution in [1.29, 1.82) is 0 Å². The Morgan fingerprint density at radius 1 is 1.22 bits per heavy atom. The van der Waals surface area contributed by atoms with Crippen LogP contribution in [0.3, 0.4) is 0 Å². The quantitative estimate of drug-likeness (QED) is 0.599. The van der Waals surface area contributed by atoms with Gasteiger partial charge in [0.15, 0.2) is 6.10 Å². The number of primary amides is 1. The van der Waals surface area contributed by atoms with Gasteiger partial charge in [0.1, 0.15) is 18.0 Å². The van der Waals surface area contributed by atoms with Crippen molar-refractivity contribution in [3.8, 4) is 11.5 Å². The molecule has 0 saturated carbocycles. The molecule has 122 valence electrons. The number of likely N-dealkylation sites (tertiary alicyclic amines) is 1. The molecule has 4 N–H and O–H groups in total. The third kappa shape index (κ3) is 2.39. The molecule has 2 aliphatic rings. The van der Waals surface area contributed by atoms with E-state index in [0.717, 1.165) is 16.0 Å². The van der Waals surface area contributed by atoms with Crippen LogP contribution >= 0.6 is 0 Å². The summed E-state index contributed by atoms with van der Waals surface area (Å²) < 4.78 is 0. The fourth-order valence-corrected chi connectivity index (χ4v) is 3.06. The smallest absolute Gasteiger partial charge is 0.261 e. The van der Waals surface area contributed by atoms with Gasteiger partial charge in [0.05, 0.1) is 12.0 Å². The zero-order valence-corrected chi connectivity index (χ0v) is 12.2. The zero-order valence-electron chi connectivity index (χ0n) is 12.2. The lowest BCUT2D eigenvalue weighted by Crippen LogP contribution is -2.38. The third-order valence-electron chi connectivity index (χ3n) is 3.99. The van der Waals surface area contributed by atoms with E-state index in [0.29, 0.717) is 5.56 Å². The second-order valence-corrected chi connectivity index (χ2v) is 5.56. The zero-order chi connectivity index (χ0) is 16.9. The molecule has 0 bridgehead atoms. The van der Waals surface area contributed by atoms with Crippen molar-refractivity contribution in [1.82, 2.24) is 9.96 Å². The Balaban J connectivity index is 2.06. The fourth-order valence-electron chi connectivity index (χ4n) is 3.06. The molecule has 9 nitrogen and oxygen atoms in total. The molecule has 0 aliphatic carbocycles. The monoisotopic (exact) mass is 321 g/mol. The number of imide groups is 1. The van der Waals surface area contributed by atoms with Crippen molar-refractivity contribution in [2.24, 2.45) is 11.7 Å². The lowest BCUT2D eigenvalue weighted by molar-refractivity contribution is -0.181. The van der Waals surface area contributed by atoms with Crippen LogP contribution in [0, 0.1) is 5.92 Å². The molecule has 0 spiro atoms. The van der Waals surface area contributed by atoms with Crippen molar-refractivity contribution in [2.45, 2.75) is 12.1 Å². The Morgan fingerprint density at radius 2 is 1.83 bits per heavy atom. The number of rotatable bonds is 3. The molecule has 9 heteroatoms. The van der Waals surface area contributed by atoms with Crippen LogP contribution in [0.1, 0.15) is 11.6 Å². The summed E-state index contributed by atoms with van der Waals surface area (Å²) in [6.07, 6.45) is -1.05. The van der Waals surface area contributed by atoms with E-state index in [1.807, 2.05) is 0 Å². The summed E-state index contributed by atoms with van der Waals surface area (Å²) in [7, 11) is 1.35. The Kier molecular flexibility index (Phi) is 3.46. The molecule has 3 amide bonds. The number of fused-ring (bicyclic) bond motifs is 1. The molecule has 2 fully saturated rings. The largest absolute Gasteiger partial charge is 0.508 e. The summed E-state index contributed by atoms with van der Waals surface area (Å²) in [6, 6.07) is 2.97. The van der Waals surface area contributed by atoms with Gasteiger partial charge in [0.2, 0.25) is 11.8 Å². The van der Waals surface area contributed by atoms with Crippen LogP contribution in [0.5, 0.6) is 11.5 Å². The Morgan fingerprint density at radius 3 is 2.39 bits per heavy atom. The molecule has 1 aromatic rings. The number of hydroxylamine groups is 2. The van der Waals surface area contributed by atoms with E-state index in [4.69, 9.17) is 10.6 Å². The molecule has 23 heavy (non-hydrogen) atoms. The van der Waals surface area contributed by atoms with Crippen LogP contribution in [0.15, 0.2) is 18.2 Å². The number of nitrogens with two attached hydrogens (primary N) is 1. The molecule has 1 aromatic carbocycles. The highest BCUT2D eigenvalue weighted by Crippen LogP contribution is 2.45. The molecular weight excluding hydrogens is 306 g/mol. The molecule has 0 aromatic heterocycles. The highest BCUT2D eigenvalue weighted by Gasteiger charge is 2.58. The average molecular weight is 321 g/mol. The van der Waals surface area contributed by atoms with Gasteiger partial charge in [-0.05, 0) is 17.7 Å². The van der Waals surface area contributed by atoms with Crippen LogP contribution in [0.25, 0.3) is 0 Å². The summed E-state index contributed by atoms with van der Waals surface area (Å²) in [5, 5.41) is 20.5. The first-order chi connectivity index (χ1) is 10.8. The van der Waals surface area contributed by atoms with Crippen LogP contribution < -0.4 is 5.73 Å². The molecule has 3 atom stereocenters. The van der Waals surface area contributed by atoms with Gasteiger partial charge in [-0.1, -0.05) is 0 Å². The third-order valence-corrected chi connectivity index (χ3v) is 3.99. The summed E-state index contributed by atoms with van der Waals surface area (Å²) in [5.74, 6) is -2.98. The van der Waals surface area contributed by atoms with Crippen molar-refractivity contribution < 1.29 is 29.4 Å². The van der Waals surface area contributed by atoms with Crippen molar-refractivity contribution in [3.05, 3.63) is 23.8 Å². The molecule has 2 heterocycles. The number of phenolic OH excluding ortho intramolecular Hbond substituents is 2. The van der Waals surface area contributed by atoms with Gasteiger partial charge in [-0.3, -0.25) is 24.1 Å². The molecule has 0 radical (unpaired) electrons. The van der Waals surface area contributed by atoms with Gasteiger partial charge < -0.3 is 15.9 Å². The second-order valence-electron chi connectivity index (χ2n) is 5.56. The summed E-state index contributed by atoms with van der Waals surface area (Å²) >= 11 is 0. The number of likely N-dealkylation sites (N-methyl/N-ethyl adjacent to an activating group) is 1. The number of hydrogen-bond donors (Lipinski definition) is 3.